The molecule has 2 aliphatic rings. The molecule has 0 radical (unpaired) electrons. The van der Waals surface area contributed by atoms with Crippen molar-refractivity contribution in [2.24, 2.45) is 5.92 Å². The molecule has 15 heteroatoms. The van der Waals surface area contributed by atoms with Gasteiger partial charge in [0.25, 0.3) is 11.8 Å². The number of carbonyl (C=O) groups excluding carboxylic acids is 5. The Morgan fingerprint density at radius 1 is 0.765 bits per heavy atom. The van der Waals surface area contributed by atoms with Crippen molar-refractivity contribution in [1.82, 2.24) is 10.2 Å². The molecule has 2 N–H and O–H groups in total. The molecule has 286 valence electrons. The smallest absolute Gasteiger partial charge is 0.264 e. The van der Waals surface area contributed by atoms with Gasteiger partial charge in [0.15, 0.2) is 0 Å². The maximum Gasteiger partial charge on any atom is 0.264 e. The zero-order valence-corrected chi connectivity index (χ0v) is 30.1. The third kappa shape index (κ3) is 15.4. The second-order valence-electron chi connectivity index (χ2n) is 12.3. The van der Waals surface area contributed by atoms with Crippen LogP contribution in [0, 0.1) is 5.92 Å². The molecule has 1 fully saturated rings. The minimum absolute atomic E-state index is 0.0324. The highest BCUT2D eigenvalue weighted by Crippen LogP contribution is 2.32. The number of carbonyl (C=O) groups is 5. The first kappa shape index (κ1) is 42.1. The SMILES string of the molecule is CCC(C)COCCOCCOCCOCCOCCOCCOCCCCCC(=O)Nc1cccc2c1C(=O)N(C1CCC(=O)NC1=O)C2=O. The minimum Gasteiger partial charge on any atom is -0.379 e. The number of nitrogens with zero attached hydrogens (tertiary/aromatic N) is 1. The first-order valence-electron chi connectivity index (χ1n) is 18.0. The number of benzene rings is 1. The number of unbranched alkanes of at least 4 members (excludes halogenated alkanes) is 2. The molecule has 3 rings (SSSR count). The molecule has 1 aromatic rings. The lowest BCUT2D eigenvalue weighted by atomic mass is 10.0. The molecule has 1 saturated heterocycles. The quantitative estimate of drug-likeness (QED) is 0.0915. The van der Waals surface area contributed by atoms with Crippen LogP contribution in [0.3, 0.4) is 0 Å². The van der Waals surface area contributed by atoms with Gasteiger partial charge in [-0.3, -0.25) is 34.2 Å². The summed E-state index contributed by atoms with van der Waals surface area (Å²) in [5.74, 6) is -2.12. The number of imide groups is 2. The molecule has 0 saturated carbocycles. The number of anilines is 1. The summed E-state index contributed by atoms with van der Waals surface area (Å²) in [5.41, 5.74) is 0.396. The fourth-order valence-electron chi connectivity index (χ4n) is 5.22. The largest absolute Gasteiger partial charge is 0.379 e. The van der Waals surface area contributed by atoms with Crippen molar-refractivity contribution in [3.05, 3.63) is 29.3 Å². The molecule has 5 amide bonds. The molecule has 0 spiro atoms. The van der Waals surface area contributed by atoms with Gasteiger partial charge in [0.05, 0.1) is 96.1 Å². The Morgan fingerprint density at radius 3 is 1.86 bits per heavy atom. The van der Waals surface area contributed by atoms with Gasteiger partial charge in [0.1, 0.15) is 6.04 Å². The third-order valence-corrected chi connectivity index (χ3v) is 8.27. The minimum atomic E-state index is -1.07. The van der Waals surface area contributed by atoms with Gasteiger partial charge in [-0.2, -0.15) is 0 Å². The zero-order chi connectivity index (χ0) is 36.7. The Balaban J connectivity index is 1.09. The molecule has 0 aliphatic carbocycles. The van der Waals surface area contributed by atoms with E-state index in [9.17, 15) is 24.0 Å². The summed E-state index contributed by atoms with van der Waals surface area (Å²) in [4.78, 5) is 63.4. The zero-order valence-electron chi connectivity index (χ0n) is 30.1. The fourth-order valence-corrected chi connectivity index (χ4v) is 5.22. The Morgan fingerprint density at radius 2 is 1.31 bits per heavy atom. The van der Waals surface area contributed by atoms with Crippen LogP contribution in [0.5, 0.6) is 0 Å². The molecule has 2 aliphatic heterocycles. The molecule has 0 aromatic heterocycles. The number of hydrogen-bond donors (Lipinski definition) is 2. The number of piperidine rings is 1. The van der Waals surface area contributed by atoms with Crippen molar-refractivity contribution < 1.29 is 57.1 Å². The van der Waals surface area contributed by atoms with Crippen molar-refractivity contribution in [2.75, 3.05) is 97.8 Å². The van der Waals surface area contributed by atoms with Gasteiger partial charge in [0.2, 0.25) is 17.7 Å². The summed E-state index contributed by atoms with van der Waals surface area (Å²) >= 11 is 0. The van der Waals surface area contributed by atoms with Gasteiger partial charge in [0, 0.05) is 26.1 Å². The lowest BCUT2D eigenvalue weighted by molar-refractivity contribution is -0.136. The summed E-state index contributed by atoms with van der Waals surface area (Å²) in [6, 6.07) is 3.54. The lowest BCUT2D eigenvalue weighted by Gasteiger charge is -2.27. The summed E-state index contributed by atoms with van der Waals surface area (Å²) in [7, 11) is 0. The van der Waals surface area contributed by atoms with Crippen LogP contribution >= 0.6 is 0 Å². The van der Waals surface area contributed by atoms with Crippen LogP contribution in [0.25, 0.3) is 0 Å². The predicted molar refractivity (Wildman–Crippen MR) is 185 cm³/mol. The highest BCUT2D eigenvalue weighted by Gasteiger charge is 2.45. The van der Waals surface area contributed by atoms with Crippen molar-refractivity contribution in [2.45, 2.75) is 64.8 Å². The second kappa shape index (κ2) is 24.8. The second-order valence-corrected chi connectivity index (χ2v) is 12.3. The molecular weight excluding hydrogens is 666 g/mol. The van der Waals surface area contributed by atoms with Crippen molar-refractivity contribution in [1.29, 1.82) is 0 Å². The standard InChI is InChI=1S/C36H55N3O12/c1-3-27(2)26-51-25-24-50-23-22-49-21-20-48-19-18-47-17-16-46-15-14-45-13-6-4-5-10-31(40)37-29-9-7-8-28-33(29)36(44)39(35(28)43)30-11-12-32(41)38-34(30)42/h7-9,27,30H,3-6,10-26H2,1-2H3,(H,37,40)(H,38,41,42). The Bertz CT molecular complexity index is 1250. The lowest BCUT2D eigenvalue weighted by Crippen LogP contribution is -2.54. The van der Waals surface area contributed by atoms with Crippen molar-refractivity contribution in [3.8, 4) is 0 Å². The van der Waals surface area contributed by atoms with Crippen LogP contribution < -0.4 is 10.6 Å². The molecule has 51 heavy (non-hydrogen) atoms. The van der Waals surface area contributed by atoms with Gasteiger partial charge >= 0.3 is 0 Å². The van der Waals surface area contributed by atoms with Gasteiger partial charge in [-0.25, -0.2) is 0 Å². The molecule has 0 bridgehead atoms. The Kier molecular flexibility index (Phi) is 20.5. The van der Waals surface area contributed by atoms with E-state index in [2.05, 4.69) is 24.5 Å². The molecular formula is C36H55N3O12. The maximum absolute atomic E-state index is 13.2. The summed E-state index contributed by atoms with van der Waals surface area (Å²) in [6.07, 6.45) is 3.61. The van der Waals surface area contributed by atoms with Gasteiger partial charge in [-0.1, -0.05) is 32.8 Å². The highest BCUT2D eigenvalue weighted by molar-refractivity contribution is 6.26. The van der Waals surface area contributed by atoms with Crippen LogP contribution in [0.15, 0.2) is 18.2 Å². The normalized spacial score (nSPS) is 16.4. The fraction of sp³-hybridized carbons (Fsp3) is 0.694. The monoisotopic (exact) mass is 721 g/mol. The first-order valence-corrected chi connectivity index (χ1v) is 18.0. The van der Waals surface area contributed by atoms with Crippen LogP contribution in [0.4, 0.5) is 5.69 Å². The number of ether oxygens (including phenoxy) is 7. The summed E-state index contributed by atoms with van der Waals surface area (Å²) in [5, 5.41) is 4.91. The van der Waals surface area contributed by atoms with E-state index in [1.54, 1.807) is 12.1 Å². The van der Waals surface area contributed by atoms with E-state index in [4.69, 9.17) is 33.2 Å². The Labute approximate surface area is 300 Å². The van der Waals surface area contributed by atoms with E-state index in [-0.39, 0.29) is 42.0 Å². The number of hydrogen-bond acceptors (Lipinski definition) is 12. The Hall–Kier alpha value is -3.31. The van der Waals surface area contributed by atoms with E-state index < -0.39 is 29.7 Å². The van der Waals surface area contributed by atoms with Crippen molar-refractivity contribution >= 4 is 35.2 Å². The van der Waals surface area contributed by atoms with Crippen molar-refractivity contribution in [3.63, 3.8) is 0 Å². The third-order valence-electron chi connectivity index (χ3n) is 8.27. The van der Waals surface area contributed by atoms with E-state index in [0.717, 1.165) is 30.8 Å². The van der Waals surface area contributed by atoms with Crippen LogP contribution in [0.1, 0.15) is 79.5 Å². The molecule has 2 unspecified atom stereocenters. The van der Waals surface area contributed by atoms with E-state index in [1.807, 2.05) is 0 Å². The van der Waals surface area contributed by atoms with Gasteiger partial charge in [-0.05, 0) is 37.3 Å². The predicted octanol–water partition coefficient (Wildman–Crippen LogP) is 2.75. The van der Waals surface area contributed by atoms with E-state index in [1.165, 1.54) is 6.07 Å². The topological polar surface area (TPSA) is 177 Å². The maximum atomic E-state index is 13.2. The summed E-state index contributed by atoms with van der Waals surface area (Å²) in [6.45, 7) is 11.7. The average Bonchev–Trinajstić information content (AvgIpc) is 3.37. The molecule has 15 nitrogen and oxygen atoms in total. The molecule has 2 heterocycles. The number of fused-ring (bicyclic) bond motifs is 1. The first-order chi connectivity index (χ1) is 24.8. The van der Waals surface area contributed by atoms with E-state index in [0.29, 0.717) is 98.2 Å². The molecule has 2 atom stereocenters. The molecule has 1 aromatic carbocycles. The van der Waals surface area contributed by atoms with Gasteiger partial charge in [-0.15, -0.1) is 0 Å². The number of amides is 5. The number of nitrogens with one attached hydrogen (secondary N) is 2. The highest BCUT2D eigenvalue weighted by atomic mass is 16.6. The van der Waals surface area contributed by atoms with Crippen LogP contribution in [0.2, 0.25) is 0 Å². The average molecular weight is 722 g/mol. The number of rotatable bonds is 29. The van der Waals surface area contributed by atoms with Crippen LogP contribution in [-0.4, -0.2) is 133 Å². The summed E-state index contributed by atoms with van der Waals surface area (Å²) < 4.78 is 38.5. The van der Waals surface area contributed by atoms with E-state index >= 15 is 0 Å². The van der Waals surface area contributed by atoms with Gasteiger partial charge < -0.3 is 38.5 Å². The van der Waals surface area contributed by atoms with Crippen LogP contribution in [-0.2, 0) is 47.5 Å².